The Bertz CT molecular complexity index is 815. The van der Waals surface area contributed by atoms with Crippen LogP contribution in [0.15, 0.2) is 53.4 Å². The minimum absolute atomic E-state index is 0.0348. The summed E-state index contributed by atoms with van der Waals surface area (Å²) in [5.41, 5.74) is 3.17. The van der Waals surface area contributed by atoms with Crippen LogP contribution in [-0.2, 0) is 16.3 Å². The van der Waals surface area contributed by atoms with E-state index in [-0.39, 0.29) is 6.04 Å². The minimum atomic E-state index is -3.18. The lowest BCUT2D eigenvalue weighted by molar-refractivity contribution is 0.601. The number of rotatable bonds is 5. The summed E-state index contributed by atoms with van der Waals surface area (Å²) in [6.45, 7) is 4.08. The molecule has 1 atom stereocenters. The Labute approximate surface area is 149 Å². The molecular formula is C18H22N2O2S2. The van der Waals surface area contributed by atoms with Crippen LogP contribution in [0, 0.1) is 0 Å². The fraction of sp³-hybridized carbons (Fsp3) is 0.278. The molecule has 0 aromatic heterocycles. The number of hydrogen-bond acceptors (Lipinski definition) is 3. The fourth-order valence-electron chi connectivity index (χ4n) is 2.39. The van der Waals surface area contributed by atoms with Crippen LogP contribution < -0.4 is 10.6 Å². The van der Waals surface area contributed by atoms with Gasteiger partial charge < -0.3 is 10.6 Å². The topological polar surface area (TPSA) is 58.2 Å². The van der Waals surface area contributed by atoms with Crippen molar-refractivity contribution >= 4 is 32.9 Å². The summed E-state index contributed by atoms with van der Waals surface area (Å²) in [5.74, 6) is 0. The van der Waals surface area contributed by atoms with Crippen LogP contribution >= 0.6 is 12.2 Å². The Kier molecular flexibility index (Phi) is 5.96. The molecule has 0 saturated heterocycles. The molecule has 0 fully saturated rings. The zero-order chi connectivity index (χ0) is 17.7. The van der Waals surface area contributed by atoms with Crippen LogP contribution in [0.25, 0.3) is 0 Å². The Morgan fingerprint density at radius 2 is 1.75 bits per heavy atom. The normalized spacial score (nSPS) is 12.5. The van der Waals surface area contributed by atoms with E-state index >= 15 is 0 Å². The Hall–Kier alpha value is -1.92. The summed E-state index contributed by atoms with van der Waals surface area (Å²) >= 11 is 5.39. The van der Waals surface area contributed by atoms with Gasteiger partial charge in [0.1, 0.15) is 0 Å². The van der Waals surface area contributed by atoms with Crippen molar-refractivity contribution in [2.24, 2.45) is 0 Å². The molecular weight excluding hydrogens is 340 g/mol. The lowest BCUT2D eigenvalue weighted by Crippen LogP contribution is -2.31. The maximum atomic E-state index is 11.5. The number of hydrogen-bond donors (Lipinski definition) is 2. The van der Waals surface area contributed by atoms with Gasteiger partial charge in [0, 0.05) is 11.9 Å². The van der Waals surface area contributed by atoms with Crippen LogP contribution in [0.1, 0.15) is 31.0 Å². The third-order valence-corrected chi connectivity index (χ3v) is 5.15. The lowest BCUT2D eigenvalue weighted by atomic mass is 10.1. The second-order valence-corrected chi connectivity index (χ2v) is 8.10. The van der Waals surface area contributed by atoms with E-state index in [4.69, 9.17) is 12.2 Å². The molecule has 6 heteroatoms. The fourth-order valence-corrected chi connectivity index (χ4v) is 3.31. The number of benzene rings is 2. The molecule has 0 radical (unpaired) electrons. The molecule has 4 nitrogen and oxygen atoms in total. The zero-order valence-corrected chi connectivity index (χ0v) is 15.7. The van der Waals surface area contributed by atoms with Crippen molar-refractivity contribution in [3.8, 4) is 0 Å². The van der Waals surface area contributed by atoms with Gasteiger partial charge in [-0.3, -0.25) is 0 Å². The number of aryl methyl sites for hydroxylation is 1. The van der Waals surface area contributed by atoms with Gasteiger partial charge in [0.05, 0.1) is 10.9 Å². The van der Waals surface area contributed by atoms with E-state index in [0.29, 0.717) is 10.0 Å². The van der Waals surface area contributed by atoms with Gasteiger partial charge in [-0.2, -0.15) is 0 Å². The van der Waals surface area contributed by atoms with Gasteiger partial charge in [0.15, 0.2) is 14.9 Å². The van der Waals surface area contributed by atoms with Gasteiger partial charge in [-0.25, -0.2) is 8.42 Å². The van der Waals surface area contributed by atoms with Gasteiger partial charge in [0.25, 0.3) is 0 Å². The van der Waals surface area contributed by atoms with E-state index in [2.05, 4.69) is 23.6 Å². The third kappa shape index (κ3) is 4.79. The maximum absolute atomic E-state index is 11.5. The summed E-state index contributed by atoms with van der Waals surface area (Å²) in [5, 5.41) is 6.98. The highest BCUT2D eigenvalue weighted by molar-refractivity contribution is 7.90. The molecule has 0 bridgehead atoms. The van der Waals surface area contributed by atoms with Crippen LogP contribution in [0.2, 0.25) is 0 Å². The molecule has 0 aliphatic heterocycles. The van der Waals surface area contributed by atoms with Gasteiger partial charge >= 0.3 is 0 Å². The summed E-state index contributed by atoms with van der Waals surface area (Å²) in [4.78, 5) is 0.316. The Morgan fingerprint density at radius 1 is 1.12 bits per heavy atom. The van der Waals surface area contributed by atoms with Crippen LogP contribution in [0.4, 0.5) is 5.69 Å². The molecule has 24 heavy (non-hydrogen) atoms. The molecule has 2 rings (SSSR count). The molecule has 0 aliphatic rings. The van der Waals surface area contributed by atoms with Crippen LogP contribution in [0.3, 0.4) is 0 Å². The molecule has 0 saturated carbocycles. The predicted octanol–water partition coefficient (Wildman–Crippen LogP) is 3.70. The van der Waals surface area contributed by atoms with E-state index in [9.17, 15) is 8.42 Å². The highest BCUT2D eigenvalue weighted by Gasteiger charge is 2.11. The minimum Gasteiger partial charge on any atom is -0.356 e. The van der Waals surface area contributed by atoms with Gasteiger partial charge in [-0.05, 0) is 54.9 Å². The van der Waals surface area contributed by atoms with Crippen molar-refractivity contribution in [1.29, 1.82) is 0 Å². The quantitative estimate of drug-likeness (QED) is 0.794. The molecule has 0 unspecified atom stereocenters. The monoisotopic (exact) mass is 362 g/mol. The standard InChI is InChI=1S/C18H22N2O2S2/c1-4-14-7-5-6-8-17(14)20-18(23)19-13(2)15-9-11-16(12-10-15)24(3,21)22/h5-13H,4H2,1-3H3,(H2,19,20,23)/t13-/m0/s1. The lowest BCUT2D eigenvalue weighted by Gasteiger charge is -2.19. The molecule has 0 aliphatic carbocycles. The van der Waals surface area contributed by atoms with Crippen molar-refractivity contribution < 1.29 is 8.42 Å². The molecule has 0 heterocycles. The van der Waals surface area contributed by atoms with E-state index in [0.717, 1.165) is 17.7 Å². The second kappa shape index (κ2) is 7.77. The zero-order valence-electron chi connectivity index (χ0n) is 14.0. The van der Waals surface area contributed by atoms with E-state index in [1.807, 2.05) is 25.1 Å². The van der Waals surface area contributed by atoms with E-state index < -0.39 is 9.84 Å². The van der Waals surface area contributed by atoms with Crippen molar-refractivity contribution in [3.05, 3.63) is 59.7 Å². The summed E-state index contributed by atoms with van der Waals surface area (Å²) < 4.78 is 23.0. The van der Waals surface area contributed by atoms with Gasteiger partial charge in [-0.15, -0.1) is 0 Å². The molecule has 0 spiro atoms. The number of anilines is 1. The van der Waals surface area contributed by atoms with E-state index in [1.54, 1.807) is 24.3 Å². The number of thiocarbonyl (C=S) groups is 1. The molecule has 2 N–H and O–H groups in total. The first-order valence-electron chi connectivity index (χ1n) is 7.76. The second-order valence-electron chi connectivity index (χ2n) is 5.67. The molecule has 2 aromatic rings. The van der Waals surface area contributed by atoms with Crippen molar-refractivity contribution in [1.82, 2.24) is 5.32 Å². The third-order valence-electron chi connectivity index (χ3n) is 3.80. The van der Waals surface area contributed by atoms with Crippen molar-refractivity contribution in [2.75, 3.05) is 11.6 Å². The Balaban J connectivity index is 2.03. The van der Waals surface area contributed by atoms with Crippen LogP contribution in [-0.4, -0.2) is 19.8 Å². The SMILES string of the molecule is CCc1ccccc1NC(=S)N[C@@H](C)c1ccc(S(C)(=O)=O)cc1. The summed E-state index contributed by atoms with van der Waals surface area (Å²) in [6, 6.07) is 14.8. The highest BCUT2D eigenvalue weighted by Crippen LogP contribution is 2.18. The molecule has 2 aromatic carbocycles. The average molecular weight is 363 g/mol. The molecule has 128 valence electrons. The van der Waals surface area contributed by atoms with Crippen molar-refractivity contribution in [2.45, 2.75) is 31.2 Å². The first-order chi connectivity index (χ1) is 11.3. The maximum Gasteiger partial charge on any atom is 0.175 e. The highest BCUT2D eigenvalue weighted by atomic mass is 32.2. The molecule has 0 amide bonds. The number of sulfone groups is 1. The van der Waals surface area contributed by atoms with Crippen LogP contribution in [0.5, 0.6) is 0 Å². The first kappa shape index (κ1) is 18.4. The Morgan fingerprint density at radius 3 is 2.33 bits per heavy atom. The predicted molar refractivity (Wildman–Crippen MR) is 103 cm³/mol. The smallest absolute Gasteiger partial charge is 0.175 e. The summed E-state index contributed by atoms with van der Waals surface area (Å²) in [6.07, 6.45) is 2.13. The van der Waals surface area contributed by atoms with Gasteiger partial charge in [-0.1, -0.05) is 37.3 Å². The van der Waals surface area contributed by atoms with Gasteiger partial charge in [0.2, 0.25) is 0 Å². The summed E-state index contributed by atoms with van der Waals surface area (Å²) in [7, 11) is -3.18. The largest absolute Gasteiger partial charge is 0.356 e. The van der Waals surface area contributed by atoms with E-state index in [1.165, 1.54) is 11.8 Å². The first-order valence-corrected chi connectivity index (χ1v) is 10.1. The average Bonchev–Trinajstić information content (AvgIpc) is 2.54. The number of para-hydroxylation sites is 1. The van der Waals surface area contributed by atoms with Crippen molar-refractivity contribution in [3.63, 3.8) is 0 Å². The number of nitrogens with one attached hydrogen (secondary N) is 2.